The van der Waals surface area contributed by atoms with Gasteiger partial charge in [0.05, 0.1) is 4.92 Å². The Morgan fingerprint density at radius 2 is 1.91 bits per heavy atom. The van der Waals surface area contributed by atoms with E-state index in [1.165, 1.54) is 12.1 Å². The van der Waals surface area contributed by atoms with Gasteiger partial charge in [0.2, 0.25) is 0 Å². The summed E-state index contributed by atoms with van der Waals surface area (Å²) in [5.74, 6) is -0.628. The molecule has 3 atom stereocenters. The maximum absolute atomic E-state index is 13.4. The van der Waals surface area contributed by atoms with E-state index in [-0.39, 0.29) is 23.6 Å². The predicted molar refractivity (Wildman–Crippen MR) is 135 cm³/mol. The van der Waals surface area contributed by atoms with Crippen molar-refractivity contribution < 1.29 is 19.2 Å². The van der Waals surface area contributed by atoms with Crippen molar-refractivity contribution in [1.82, 2.24) is 4.90 Å². The van der Waals surface area contributed by atoms with Crippen molar-refractivity contribution in [2.24, 2.45) is 4.99 Å². The van der Waals surface area contributed by atoms with Gasteiger partial charge < -0.3 is 9.64 Å². The van der Waals surface area contributed by atoms with Crippen molar-refractivity contribution in [1.29, 1.82) is 0 Å². The molecule has 2 fully saturated rings. The highest BCUT2D eigenvalue weighted by atomic mass is 127. The number of thioether (sulfide) groups is 1. The van der Waals surface area contributed by atoms with Crippen LogP contribution in [0.4, 0.5) is 5.69 Å². The topological polar surface area (TPSA) is 102 Å². The lowest BCUT2D eigenvalue weighted by atomic mass is 9.82. The first-order chi connectivity index (χ1) is 15.7. The number of esters is 1. The molecule has 8 nitrogen and oxygen atoms in total. The van der Waals surface area contributed by atoms with Crippen LogP contribution >= 0.6 is 34.4 Å². The number of rotatable bonds is 7. The number of hydrogen-bond donors (Lipinski definition) is 0. The fourth-order valence-corrected chi connectivity index (χ4v) is 7.76. The maximum Gasteiger partial charge on any atom is 0.334 e. The van der Waals surface area contributed by atoms with Crippen molar-refractivity contribution in [3.05, 3.63) is 75.8 Å². The number of nitro groups is 1. The molecule has 0 aliphatic carbocycles. The fourth-order valence-electron chi connectivity index (χ4n) is 4.11. The monoisotopic (exact) mass is 579 g/mol. The number of benzene rings is 2. The Kier molecular flexibility index (Phi) is 6.50. The van der Waals surface area contributed by atoms with E-state index in [4.69, 9.17) is 4.74 Å². The summed E-state index contributed by atoms with van der Waals surface area (Å²) in [6.45, 7) is 4.07. The van der Waals surface area contributed by atoms with Gasteiger partial charge in [-0.15, -0.1) is 11.8 Å². The van der Waals surface area contributed by atoms with Gasteiger partial charge in [0.15, 0.2) is 11.6 Å². The molecule has 2 aliphatic rings. The van der Waals surface area contributed by atoms with Gasteiger partial charge in [0.1, 0.15) is 12.0 Å². The molecule has 10 heteroatoms. The minimum absolute atomic E-state index is 0.00742. The SMILES string of the molecule is CC1(C)S[C@@H]2[C@@H](N=Cc3ccc([N+](=O)[O-])cc3)C(=O)N2[C@@]1(CI)C(=O)OCc1ccccc1. The minimum atomic E-state index is -1.09. The van der Waals surface area contributed by atoms with Crippen molar-refractivity contribution in [3.63, 3.8) is 0 Å². The first-order valence-corrected chi connectivity index (χ1v) is 12.7. The summed E-state index contributed by atoms with van der Waals surface area (Å²) < 4.78 is 5.53. The van der Waals surface area contributed by atoms with Gasteiger partial charge in [0.25, 0.3) is 11.6 Å². The van der Waals surface area contributed by atoms with E-state index in [0.29, 0.717) is 9.99 Å². The van der Waals surface area contributed by atoms with Gasteiger partial charge in [-0.05, 0) is 37.1 Å². The Morgan fingerprint density at radius 1 is 1.24 bits per heavy atom. The van der Waals surface area contributed by atoms with E-state index in [1.54, 1.807) is 35.0 Å². The van der Waals surface area contributed by atoms with Gasteiger partial charge >= 0.3 is 5.97 Å². The number of fused-ring (bicyclic) bond motifs is 1. The second kappa shape index (κ2) is 9.05. The summed E-state index contributed by atoms with van der Waals surface area (Å²) in [6.07, 6.45) is 1.55. The number of alkyl halides is 1. The molecule has 33 heavy (non-hydrogen) atoms. The largest absolute Gasteiger partial charge is 0.459 e. The number of nitro benzene ring substituents is 1. The van der Waals surface area contributed by atoms with Crippen LogP contribution in [0.3, 0.4) is 0 Å². The third kappa shape index (κ3) is 4.03. The molecule has 0 saturated carbocycles. The smallest absolute Gasteiger partial charge is 0.334 e. The molecule has 0 unspecified atom stereocenters. The molecule has 0 spiro atoms. The number of carbonyl (C=O) groups is 2. The van der Waals surface area contributed by atoms with Crippen molar-refractivity contribution in [2.45, 2.75) is 42.2 Å². The lowest BCUT2D eigenvalue weighted by Crippen LogP contribution is -2.73. The molecular formula is C23H22IN3O5S. The standard InChI is InChI=1S/C23H22IN3O5S/c1-22(2)23(14-24,21(29)32-13-16-6-4-3-5-7-16)26-19(28)18(20(26)33-22)25-12-15-8-10-17(11-9-15)27(30)31/h3-12,18,20H,13-14H2,1-2H3/t18-,20+,23-/m0/s1. The molecule has 1 amide bonds. The second-order valence-corrected chi connectivity index (χ2v) is 10.9. The minimum Gasteiger partial charge on any atom is -0.459 e. The molecule has 4 rings (SSSR count). The van der Waals surface area contributed by atoms with E-state index in [9.17, 15) is 19.7 Å². The molecule has 172 valence electrons. The molecule has 2 aromatic carbocycles. The van der Waals surface area contributed by atoms with Crippen LogP contribution in [0, 0.1) is 10.1 Å². The molecule has 0 N–H and O–H groups in total. The lowest BCUT2D eigenvalue weighted by molar-refractivity contribution is -0.384. The van der Waals surface area contributed by atoms with Gasteiger partial charge in [-0.1, -0.05) is 52.9 Å². The number of halogens is 1. The van der Waals surface area contributed by atoms with E-state index < -0.39 is 27.2 Å². The average Bonchev–Trinajstić information content (AvgIpc) is 3.02. The average molecular weight is 579 g/mol. The zero-order valence-electron chi connectivity index (χ0n) is 18.0. The molecule has 0 aromatic heterocycles. The molecular weight excluding hydrogens is 557 g/mol. The van der Waals surface area contributed by atoms with Crippen molar-refractivity contribution in [2.75, 3.05) is 4.43 Å². The number of amides is 1. The maximum atomic E-state index is 13.4. The fraction of sp³-hybridized carbons (Fsp3) is 0.348. The number of ether oxygens (including phenoxy) is 1. The van der Waals surface area contributed by atoms with Crippen LogP contribution in [-0.2, 0) is 20.9 Å². The molecule has 0 radical (unpaired) electrons. The van der Waals surface area contributed by atoms with Crippen LogP contribution in [0.2, 0.25) is 0 Å². The van der Waals surface area contributed by atoms with Gasteiger partial charge in [-0.2, -0.15) is 0 Å². The highest BCUT2D eigenvalue weighted by molar-refractivity contribution is 14.1. The lowest BCUT2D eigenvalue weighted by Gasteiger charge is -2.48. The predicted octanol–water partition coefficient (Wildman–Crippen LogP) is 3.99. The third-order valence-corrected chi connectivity index (χ3v) is 8.81. The van der Waals surface area contributed by atoms with E-state index in [1.807, 2.05) is 44.2 Å². The second-order valence-electron chi connectivity index (χ2n) is 8.35. The summed E-state index contributed by atoms with van der Waals surface area (Å²) in [6, 6.07) is 14.8. The van der Waals surface area contributed by atoms with Gasteiger partial charge in [-0.25, -0.2) is 4.79 Å². The van der Waals surface area contributed by atoms with Crippen LogP contribution in [-0.4, -0.2) is 54.0 Å². The highest BCUT2D eigenvalue weighted by Crippen LogP contribution is 2.58. The van der Waals surface area contributed by atoms with E-state index >= 15 is 0 Å². The zero-order chi connectivity index (χ0) is 23.8. The first-order valence-electron chi connectivity index (χ1n) is 10.3. The number of β-lactam (4-membered cyclic amide) rings is 1. The Hall–Kier alpha value is -2.47. The highest BCUT2D eigenvalue weighted by Gasteiger charge is 2.72. The van der Waals surface area contributed by atoms with Crippen molar-refractivity contribution >= 4 is 58.1 Å². The van der Waals surface area contributed by atoms with E-state index in [0.717, 1.165) is 5.56 Å². The zero-order valence-corrected chi connectivity index (χ0v) is 21.0. The van der Waals surface area contributed by atoms with Crippen LogP contribution in [0.15, 0.2) is 59.6 Å². The molecule has 2 aliphatic heterocycles. The van der Waals surface area contributed by atoms with Gasteiger partial charge in [0, 0.05) is 27.5 Å². The Morgan fingerprint density at radius 3 is 2.52 bits per heavy atom. The summed E-state index contributed by atoms with van der Waals surface area (Å²) in [4.78, 5) is 43.0. The van der Waals surface area contributed by atoms with Crippen LogP contribution in [0.5, 0.6) is 0 Å². The van der Waals surface area contributed by atoms with Crippen LogP contribution in [0.1, 0.15) is 25.0 Å². The van der Waals surface area contributed by atoms with Crippen molar-refractivity contribution in [3.8, 4) is 0 Å². The Labute approximate surface area is 209 Å². The first kappa shape index (κ1) is 23.7. The Bertz CT molecular complexity index is 1110. The van der Waals surface area contributed by atoms with Crippen LogP contribution in [0.25, 0.3) is 0 Å². The number of non-ortho nitro benzene ring substituents is 1. The summed E-state index contributed by atoms with van der Waals surface area (Å²) in [7, 11) is 0. The quantitative estimate of drug-likeness (QED) is 0.0936. The number of aliphatic imine (C=N–C) groups is 1. The van der Waals surface area contributed by atoms with E-state index in [2.05, 4.69) is 27.6 Å². The summed E-state index contributed by atoms with van der Waals surface area (Å²) in [5.41, 5.74) is 0.451. The number of carbonyl (C=O) groups excluding carboxylic acids is 2. The normalized spacial score (nSPS) is 25.5. The molecule has 2 aromatic rings. The summed E-state index contributed by atoms with van der Waals surface area (Å²) in [5, 5.41) is 10.5. The number of hydrogen-bond acceptors (Lipinski definition) is 7. The Balaban J connectivity index is 1.52. The van der Waals surface area contributed by atoms with Gasteiger partial charge in [-0.3, -0.25) is 19.9 Å². The third-order valence-electron chi connectivity index (χ3n) is 6.07. The van der Waals surface area contributed by atoms with Crippen LogP contribution < -0.4 is 0 Å². The number of nitrogens with zero attached hydrogens (tertiary/aromatic N) is 3. The summed E-state index contributed by atoms with van der Waals surface area (Å²) >= 11 is 3.70. The molecule has 2 heterocycles. The molecule has 2 saturated heterocycles. The molecule has 0 bridgehead atoms.